The first kappa shape index (κ1) is 14.4. The first-order valence-corrected chi connectivity index (χ1v) is 5.30. The number of ether oxygens (including phenoxy) is 1. The number of carbonyl (C=O) groups is 1. The Hall–Kier alpha value is -1.58. The molecule has 0 atom stereocenters. The predicted octanol–water partition coefficient (Wildman–Crippen LogP) is 2.36. The number of hydrogen-bond acceptors (Lipinski definition) is 3. The van der Waals surface area contributed by atoms with Crippen molar-refractivity contribution in [2.75, 3.05) is 0 Å². The maximum Gasteiger partial charge on any atom is 0.355 e. The highest BCUT2D eigenvalue weighted by Crippen LogP contribution is 2.09. The van der Waals surface area contributed by atoms with Crippen LogP contribution in [0.2, 0.25) is 0 Å². The first-order valence-electron chi connectivity index (χ1n) is 5.30. The summed E-state index contributed by atoms with van der Waals surface area (Å²) in [6, 6.07) is 2.56. The summed E-state index contributed by atoms with van der Waals surface area (Å²) in [5.74, 6) is -0.518. The van der Waals surface area contributed by atoms with Gasteiger partial charge in [0.1, 0.15) is 11.3 Å². The van der Waals surface area contributed by atoms with Gasteiger partial charge in [-0.2, -0.15) is 0 Å². The zero-order chi connectivity index (χ0) is 12.8. The second-order valence-electron chi connectivity index (χ2n) is 3.94. The number of esters is 1. The van der Waals surface area contributed by atoms with Gasteiger partial charge >= 0.3 is 5.97 Å². The van der Waals surface area contributed by atoms with Crippen molar-refractivity contribution in [2.24, 2.45) is 0 Å². The summed E-state index contributed by atoms with van der Waals surface area (Å²) in [6.07, 6.45) is 1.42. The van der Waals surface area contributed by atoms with Gasteiger partial charge < -0.3 is 9.72 Å². The lowest BCUT2D eigenvalue weighted by Crippen LogP contribution is -2.25. The molecule has 4 nitrogen and oxygen atoms in total. The van der Waals surface area contributed by atoms with Gasteiger partial charge in [-0.1, -0.05) is 13.8 Å². The third-order valence-electron chi connectivity index (χ3n) is 1.39. The fraction of sp³-hybridized carbons (Fsp3) is 0.500. The fourth-order valence-electron chi connectivity index (χ4n) is 0.897. The Kier molecular flexibility index (Phi) is 5.50. The molecule has 0 aromatic carbocycles. The molecule has 0 unspecified atom stereocenters. The van der Waals surface area contributed by atoms with Crippen molar-refractivity contribution < 1.29 is 9.53 Å². The molecule has 1 aromatic heterocycles. The monoisotopic (exact) mass is 225 g/mol. The van der Waals surface area contributed by atoms with Crippen LogP contribution in [0, 0.1) is 0 Å². The molecule has 0 radical (unpaired) electrons. The van der Waals surface area contributed by atoms with Gasteiger partial charge in [0.05, 0.1) is 0 Å². The third-order valence-corrected chi connectivity index (χ3v) is 1.39. The largest absolute Gasteiger partial charge is 0.455 e. The first-order chi connectivity index (χ1) is 7.38. The minimum atomic E-state index is -0.552. The highest BCUT2D eigenvalue weighted by molar-refractivity contribution is 5.87. The topological polar surface area (TPSA) is 59.2 Å². The van der Waals surface area contributed by atoms with Crippen molar-refractivity contribution in [1.29, 1.82) is 0 Å². The Balaban J connectivity index is 0.00000106. The fourth-order valence-corrected chi connectivity index (χ4v) is 0.897. The number of aromatic amines is 1. The van der Waals surface area contributed by atoms with E-state index in [2.05, 4.69) is 4.98 Å². The Morgan fingerprint density at radius 1 is 1.31 bits per heavy atom. The molecule has 1 N–H and O–H groups in total. The predicted molar refractivity (Wildman–Crippen MR) is 63.6 cm³/mol. The Morgan fingerprint density at radius 2 is 1.88 bits per heavy atom. The second-order valence-corrected chi connectivity index (χ2v) is 3.94. The third kappa shape index (κ3) is 5.34. The van der Waals surface area contributed by atoms with Crippen molar-refractivity contribution in [3.8, 4) is 0 Å². The van der Waals surface area contributed by atoms with E-state index in [9.17, 15) is 9.59 Å². The molecule has 4 heteroatoms. The van der Waals surface area contributed by atoms with Crippen molar-refractivity contribution in [2.45, 2.75) is 40.2 Å². The molecule has 1 aromatic rings. The molecule has 0 aliphatic rings. The molecular weight excluding hydrogens is 206 g/mol. The van der Waals surface area contributed by atoms with Crippen LogP contribution in [0.25, 0.3) is 0 Å². The molecule has 0 bridgehead atoms. The molecule has 0 saturated carbocycles. The van der Waals surface area contributed by atoms with Gasteiger partial charge in [-0.3, -0.25) is 4.79 Å². The minimum absolute atomic E-state index is 0.174. The molecule has 0 fully saturated rings. The number of rotatable bonds is 1. The van der Waals surface area contributed by atoms with E-state index in [0.29, 0.717) is 0 Å². The molecule has 1 heterocycles. The summed E-state index contributed by atoms with van der Waals surface area (Å²) >= 11 is 0. The molecule has 16 heavy (non-hydrogen) atoms. The lowest BCUT2D eigenvalue weighted by molar-refractivity contribution is 0.00627. The van der Waals surface area contributed by atoms with Crippen LogP contribution in [0.15, 0.2) is 23.1 Å². The summed E-state index contributed by atoms with van der Waals surface area (Å²) in [5.41, 5.74) is -0.596. The van der Waals surface area contributed by atoms with E-state index in [1.54, 1.807) is 20.8 Å². The molecule has 90 valence electrons. The van der Waals surface area contributed by atoms with Crippen LogP contribution in [0.4, 0.5) is 0 Å². The molecular formula is C12H19NO3. The van der Waals surface area contributed by atoms with Crippen molar-refractivity contribution in [1.82, 2.24) is 4.98 Å². The van der Waals surface area contributed by atoms with Crippen LogP contribution in [0.1, 0.15) is 45.1 Å². The standard InChI is InChI=1S/C10H13NO3.C2H6/c1-10(2,3)14-9(13)8-6-7(12)4-5-11-8;1-2/h4-6H,1-3H3,(H,11,12);1-2H3. The number of nitrogens with one attached hydrogen (secondary N) is 1. The Bertz CT molecular complexity index is 388. The van der Waals surface area contributed by atoms with Gasteiger partial charge in [-0.05, 0) is 20.8 Å². The van der Waals surface area contributed by atoms with Gasteiger partial charge in [0.2, 0.25) is 0 Å². The zero-order valence-corrected chi connectivity index (χ0v) is 10.5. The highest BCUT2D eigenvalue weighted by Gasteiger charge is 2.18. The maximum absolute atomic E-state index is 11.4. The SMILES string of the molecule is CC.CC(C)(C)OC(=O)c1cc(=O)cc[nH]1. The lowest BCUT2D eigenvalue weighted by Gasteiger charge is -2.19. The van der Waals surface area contributed by atoms with Gasteiger partial charge in [-0.25, -0.2) is 4.79 Å². The number of pyridine rings is 1. The van der Waals surface area contributed by atoms with E-state index in [1.807, 2.05) is 13.8 Å². The van der Waals surface area contributed by atoms with E-state index < -0.39 is 11.6 Å². The van der Waals surface area contributed by atoms with Gasteiger partial charge in [0, 0.05) is 18.3 Å². The Labute approximate surface area is 95.6 Å². The molecule has 1 rings (SSSR count). The average molecular weight is 225 g/mol. The number of aromatic nitrogens is 1. The van der Waals surface area contributed by atoms with E-state index >= 15 is 0 Å². The maximum atomic E-state index is 11.4. The number of H-pyrrole nitrogens is 1. The van der Waals surface area contributed by atoms with Crippen LogP contribution < -0.4 is 5.43 Å². The summed E-state index contributed by atoms with van der Waals surface area (Å²) in [7, 11) is 0. The van der Waals surface area contributed by atoms with E-state index in [0.717, 1.165) is 0 Å². The second kappa shape index (κ2) is 6.10. The minimum Gasteiger partial charge on any atom is -0.455 e. The average Bonchev–Trinajstić information content (AvgIpc) is 2.18. The van der Waals surface area contributed by atoms with Crippen LogP contribution in [0.5, 0.6) is 0 Å². The van der Waals surface area contributed by atoms with Crippen LogP contribution >= 0.6 is 0 Å². The quantitative estimate of drug-likeness (QED) is 0.746. The summed E-state index contributed by atoms with van der Waals surface area (Å²) in [5, 5.41) is 0. The molecule has 0 spiro atoms. The van der Waals surface area contributed by atoms with Crippen molar-refractivity contribution in [3.63, 3.8) is 0 Å². The lowest BCUT2D eigenvalue weighted by atomic mass is 10.2. The van der Waals surface area contributed by atoms with Crippen LogP contribution in [0.3, 0.4) is 0 Å². The smallest absolute Gasteiger partial charge is 0.355 e. The molecule has 0 amide bonds. The summed E-state index contributed by atoms with van der Waals surface area (Å²) < 4.78 is 5.07. The van der Waals surface area contributed by atoms with Crippen LogP contribution in [-0.2, 0) is 4.74 Å². The Morgan fingerprint density at radius 3 is 2.31 bits per heavy atom. The molecule has 0 saturated heterocycles. The van der Waals surface area contributed by atoms with E-state index in [4.69, 9.17) is 4.74 Å². The van der Waals surface area contributed by atoms with E-state index in [1.165, 1.54) is 18.3 Å². The van der Waals surface area contributed by atoms with Gasteiger partial charge in [-0.15, -0.1) is 0 Å². The molecule has 0 aliphatic carbocycles. The van der Waals surface area contributed by atoms with Crippen molar-refractivity contribution >= 4 is 5.97 Å². The van der Waals surface area contributed by atoms with Crippen molar-refractivity contribution in [3.05, 3.63) is 34.2 Å². The van der Waals surface area contributed by atoms with Gasteiger partial charge in [0.15, 0.2) is 5.43 Å². The normalized spacial score (nSPS) is 10.1. The van der Waals surface area contributed by atoms with Crippen LogP contribution in [-0.4, -0.2) is 16.6 Å². The number of carbonyl (C=O) groups excluding carboxylic acids is 1. The summed E-state index contributed by atoms with van der Waals surface area (Å²) in [4.78, 5) is 25.0. The van der Waals surface area contributed by atoms with E-state index in [-0.39, 0.29) is 11.1 Å². The zero-order valence-electron chi connectivity index (χ0n) is 10.5. The highest BCUT2D eigenvalue weighted by atomic mass is 16.6. The van der Waals surface area contributed by atoms with Gasteiger partial charge in [0.25, 0.3) is 0 Å². The number of hydrogen-bond donors (Lipinski definition) is 1. The molecule has 0 aliphatic heterocycles. The summed E-state index contributed by atoms with van der Waals surface area (Å²) in [6.45, 7) is 9.31.